The summed E-state index contributed by atoms with van der Waals surface area (Å²) in [5.41, 5.74) is 1.40. The van der Waals surface area contributed by atoms with Crippen molar-refractivity contribution in [2.24, 2.45) is 34.5 Å². The minimum atomic E-state index is -0.319. The summed E-state index contributed by atoms with van der Waals surface area (Å²) < 4.78 is 0. The number of Topliss-reactive ketones (excluding diaryl/α,β-unsaturated/α-hetero) is 1. The van der Waals surface area contributed by atoms with Crippen molar-refractivity contribution < 1.29 is 15.0 Å². The van der Waals surface area contributed by atoms with Gasteiger partial charge in [-0.05, 0) is 80.5 Å². The third-order valence-electron chi connectivity index (χ3n) is 8.51. The molecule has 0 aromatic carbocycles. The molecular formula is C21H32O3. The fourth-order valence-electron chi connectivity index (χ4n) is 7.51. The number of carbonyl (C=O) groups is 1. The van der Waals surface area contributed by atoms with E-state index in [9.17, 15) is 15.0 Å². The van der Waals surface area contributed by atoms with Crippen molar-refractivity contribution in [2.45, 2.75) is 77.9 Å². The molecule has 3 fully saturated rings. The van der Waals surface area contributed by atoms with E-state index in [-0.39, 0.29) is 29.0 Å². The van der Waals surface area contributed by atoms with Crippen molar-refractivity contribution in [3.63, 3.8) is 0 Å². The third-order valence-corrected chi connectivity index (χ3v) is 8.51. The highest BCUT2D eigenvalue weighted by molar-refractivity contribution is 5.79. The van der Waals surface area contributed by atoms with E-state index in [0.717, 1.165) is 44.9 Å². The Morgan fingerprint density at radius 2 is 1.92 bits per heavy atom. The lowest BCUT2D eigenvalue weighted by Crippen LogP contribution is -2.57. The summed E-state index contributed by atoms with van der Waals surface area (Å²) in [5.74, 6) is 1.85. The first kappa shape index (κ1) is 16.8. The normalized spacial score (nSPS) is 53.6. The highest BCUT2D eigenvalue weighted by Crippen LogP contribution is 2.66. The molecule has 0 amide bonds. The SMILES string of the molecule is CC(=O)[C@H]1CC[C@H]2[C@@H]3CCC4=CC(O)CC[C@]4(C)[C@H]3[C@H](O)C[C@]12C. The largest absolute Gasteiger partial charge is 0.393 e. The Kier molecular flexibility index (Phi) is 3.78. The van der Waals surface area contributed by atoms with E-state index in [4.69, 9.17) is 0 Å². The Morgan fingerprint density at radius 3 is 2.62 bits per heavy atom. The van der Waals surface area contributed by atoms with Gasteiger partial charge in [-0.15, -0.1) is 0 Å². The van der Waals surface area contributed by atoms with Gasteiger partial charge in [0.25, 0.3) is 0 Å². The summed E-state index contributed by atoms with van der Waals surface area (Å²) in [4.78, 5) is 12.2. The molecule has 8 atom stereocenters. The number of aliphatic hydroxyl groups excluding tert-OH is 2. The second-order valence-corrected chi connectivity index (χ2v) is 9.57. The molecule has 0 radical (unpaired) electrons. The number of ketones is 1. The zero-order chi connectivity index (χ0) is 17.3. The summed E-state index contributed by atoms with van der Waals surface area (Å²) in [6.45, 7) is 6.33. The zero-order valence-electron chi connectivity index (χ0n) is 15.3. The second-order valence-electron chi connectivity index (χ2n) is 9.57. The van der Waals surface area contributed by atoms with Crippen molar-refractivity contribution in [2.75, 3.05) is 0 Å². The van der Waals surface area contributed by atoms with E-state index >= 15 is 0 Å². The van der Waals surface area contributed by atoms with Crippen molar-refractivity contribution in [3.8, 4) is 0 Å². The van der Waals surface area contributed by atoms with Crippen LogP contribution in [0.3, 0.4) is 0 Å². The van der Waals surface area contributed by atoms with Crippen LogP contribution >= 0.6 is 0 Å². The molecule has 0 spiro atoms. The summed E-state index contributed by atoms with van der Waals surface area (Å²) in [6, 6.07) is 0. The standard InChI is InChI=1S/C21H32O3/c1-12(22)16-6-7-17-15-5-4-13-10-14(23)8-9-20(13,2)19(15)18(24)11-21(16,17)3/h10,14-19,23-24H,4-9,11H2,1-3H3/t14?,15-,16+,17-,18+,19+,20-,21+/m0/s1. The van der Waals surface area contributed by atoms with E-state index in [0.29, 0.717) is 23.5 Å². The van der Waals surface area contributed by atoms with Gasteiger partial charge in [0, 0.05) is 5.92 Å². The van der Waals surface area contributed by atoms with Gasteiger partial charge in [-0.1, -0.05) is 25.5 Å². The van der Waals surface area contributed by atoms with Gasteiger partial charge in [0.1, 0.15) is 5.78 Å². The minimum Gasteiger partial charge on any atom is -0.393 e. The molecule has 24 heavy (non-hydrogen) atoms. The Morgan fingerprint density at radius 1 is 1.17 bits per heavy atom. The maximum absolute atomic E-state index is 12.2. The van der Waals surface area contributed by atoms with Crippen LogP contribution in [0.2, 0.25) is 0 Å². The molecule has 0 aromatic heterocycles. The van der Waals surface area contributed by atoms with Crippen LogP contribution in [0.25, 0.3) is 0 Å². The first-order valence-corrected chi connectivity index (χ1v) is 9.85. The quantitative estimate of drug-likeness (QED) is 0.723. The molecule has 0 aliphatic heterocycles. The van der Waals surface area contributed by atoms with E-state index in [1.54, 1.807) is 6.92 Å². The molecule has 3 nitrogen and oxygen atoms in total. The van der Waals surface area contributed by atoms with Gasteiger partial charge in [-0.25, -0.2) is 0 Å². The first-order valence-electron chi connectivity index (χ1n) is 9.85. The average Bonchev–Trinajstić information content (AvgIpc) is 2.84. The van der Waals surface area contributed by atoms with Crippen LogP contribution < -0.4 is 0 Å². The van der Waals surface area contributed by atoms with Gasteiger partial charge in [0.2, 0.25) is 0 Å². The Balaban J connectivity index is 1.71. The van der Waals surface area contributed by atoms with Crippen LogP contribution in [0.5, 0.6) is 0 Å². The van der Waals surface area contributed by atoms with Crippen LogP contribution in [0.1, 0.15) is 65.7 Å². The minimum absolute atomic E-state index is 0.0157. The van der Waals surface area contributed by atoms with Gasteiger partial charge >= 0.3 is 0 Å². The molecule has 4 aliphatic rings. The van der Waals surface area contributed by atoms with Crippen LogP contribution in [-0.2, 0) is 4.79 Å². The second kappa shape index (κ2) is 5.41. The summed E-state index contributed by atoms with van der Waals surface area (Å²) >= 11 is 0. The lowest BCUT2D eigenvalue weighted by atomic mass is 9.46. The van der Waals surface area contributed by atoms with Crippen molar-refractivity contribution >= 4 is 5.78 Å². The molecule has 0 bridgehead atoms. The fourth-order valence-corrected chi connectivity index (χ4v) is 7.51. The van der Waals surface area contributed by atoms with Crippen LogP contribution in [0, 0.1) is 34.5 Å². The van der Waals surface area contributed by atoms with E-state index < -0.39 is 0 Å². The van der Waals surface area contributed by atoms with Gasteiger partial charge in [0.05, 0.1) is 12.2 Å². The molecule has 0 heterocycles. The predicted octanol–water partition coefficient (Wildman–Crippen LogP) is 3.49. The monoisotopic (exact) mass is 332 g/mol. The molecule has 1 unspecified atom stereocenters. The van der Waals surface area contributed by atoms with Crippen molar-refractivity contribution in [1.29, 1.82) is 0 Å². The molecule has 134 valence electrons. The molecule has 0 saturated heterocycles. The first-order chi connectivity index (χ1) is 11.3. The highest BCUT2D eigenvalue weighted by atomic mass is 16.3. The summed E-state index contributed by atoms with van der Waals surface area (Å²) in [5, 5.41) is 21.2. The van der Waals surface area contributed by atoms with Crippen molar-refractivity contribution in [1.82, 2.24) is 0 Å². The van der Waals surface area contributed by atoms with E-state index in [1.807, 2.05) is 0 Å². The molecular weight excluding hydrogens is 300 g/mol. The van der Waals surface area contributed by atoms with Gasteiger partial charge in [-0.3, -0.25) is 4.79 Å². The summed E-state index contributed by atoms with van der Waals surface area (Å²) in [6.07, 6.45) is 8.34. The number of hydrogen-bond donors (Lipinski definition) is 2. The van der Waals surface area contributed by atoms with E-state index in [1.165, 1.54) is 5.57 Å². The van der Waals surface area contributed by atoms with Crippen molar-refractivity contribution in [3.05, 3.63) is 11.6 Å². The Labute approximate surface area is 145 Å². The molecule has 3 heteroatoms. The van der Waals surface area contributed by atoms with Crippen LogP contribution in [0.15, 0.2) is 11.6 Å². The Bertz CT molecular complexity index is 582. The molecule has 4 rings (SSSR count). The van der Waals surface area contributed by atoms with E-state index in [2.05, 4.69) is 19.9 Å². The molecule has 4 aliphatic carbocycles. The number of allylic oxidation sites excluding steroid dienone is 1. The fraction of sp³-hybridized carbons (Fsp3) is 0.857. The highest BCUT2D eigenvalue weighted by Gasteiger charge is 2.62. The third kappa shape index (κ3) is 2.13. The lowest BCUT2D eigenvalue weighted by molar-refractivity contribution is -0.142. The molecule has 2 N–H and O–H groups in total. The average molecular weight is 332 g/mol. The number of carbonyl (C=O) groups excluding carboxylic acids is 1. The predicted molar refractivity (Wildman–Crippen MR) is 93.3 cm³/mol. The maximum Gasteiger partial charge on any atom is 0.133 e. The lowest BCUT2D eigenvalue weighted by Gasteiger charge is -2.60. The number of rotatable bonds is 1. The maximum atomic E-state index is 12.2. The summed E-state index contributed by atoms with van der Waals surface area (Å²) in [7, 11) is 0. The van der Waals surface area contributed by atoms with Crippen LogP contribution in [0.4, 0.5) is 0 Å². The number of aliphatic hydroxyl groups is 2. The van der Waals surface area contributed by atoms with Crippen LogP contribution in [-0.4, -0.2) is 28.2 Å². The van der Waals surface area contributed by atoms with Gasteiger partial charge in [0.15, 0.2) is 0 Å². The van der Waals surface area contributed by atoms with Gasteiger partial charge < -0.3 is 10.2 Å². The Hall–Kier alpha value is -0.670. The zero-order valence-corrected chi connectivity index (χ0v) is 15.3. The smallest absolute Gasteiger partial charge is 0.133 e. The number of fused-ring (bicyclic) bond motifs is 5. The topological polar surface area (TPSA) is 57.5 Å². The number of hydrogen-bond acceptors (Lipinski definition) is 3. The molecule has 0 aromatic rings. The molecule has 3 saturated carbocycles. The van der Waals surface area contributed by atoms with Gasteiger partial charge in [-0.2, -0.15) is 0 Å².